The number of likely N-dealkylation sites (tertiary alicyclic amines) is 1. The number of hydrogen-bond acceptors (Lipinski definition) is 3. The van der Waals surface area contributed by atoms with E-state index in [-0.39, 0.29) is 23.6 Å². The van der Waals surface area contributed by atoms with Crippen molar-refractivity contribution in [2.75, 3.05) is 24.5 Å². The standard InChI is InChI=1S/C23H26F2N2O/c24-17-5-8-19(9-6-17)27-22-10-7-18(25)15-20(22)21-16-26(13-11-23(21)27)12-3-1-2-4-14-28/h5-10,14-15,21,23H,1-4,11-13,16H2/t21-,23+/m0/s1. The molecule has 2 aromatic rings. The van der Waals surface area contributed by atoms with Crippen molar-refractivity contribution in [3.8, 4) is 0 Å². The van der Waals surface area contributed by atoms with Gasteiger partial charge in [0, 0.05) is 42.8 Å². The molecule has 0 aliphatic carbocycles. The highest BCUT2D eigenvalue weighted by molar-refractivity contribution is 5.73. The molecule has 2 atom stereocenters. The fourth-order valence-electron chi connectivity index (χ4n) is 4.72. The summed E-state index contributed by atoms with van der Waals surface area (Å²) in [5.74, 6) is -0.202. The summed E-state index contributed by atoms with van der Waals surface area (Å²) in [6.45, 7) is 2.93. The van der Waals surface area contributed by atoms with E-state index in [1.54, 1.807) is 6.07 Å². The number of fused-ring (bicyclic) bond motifs is 3. The van der Waals surface area contributed by atoms with Crippen molar-refractivity contribution in [3.63, 3.8) is 0 Å². The van der Waals surface area contributed by atoms with Crippen LogP contribution in [0.15, 0.2) is 42.5 Å². The Bertz CT molecular complexity index is 824. The van der Waals surface area contributed by atoms with Gasteiger partial charge in [0.2, 0.25) is 0 Å². The minimum atomic E-state index is -0.247. The average molecular weight is 384 g/mol. The van der Waals surface area contributed by atoms with E-state index in [0.717, 1.165) is 68.5 Å². The Morgan fingerprint density at radius 3 is 2.57 bits per heavy atom. The summed E-state index contributed by atoms with van der Waals surface area (Å²) in [5, 5.41) is 0. The van der Waals surface area contributed by atoms with E-state index in [2.05, 4.69) is 9.80 Å². The second-order valence-electron chi connectivity index (χ2n) is 7.83. The maximum absolute atomic E-state index is 14.0. The summed E-state index contributed by atoms with van der Waals surface area (Å²) in [5.41, 5.74) is 3.06. The number of halogens is 2. The molecule has 148 valence electrons. The van der Waals surface area contributed by atoms with Crippen molar-refractivity contribution in [2.24, 2.45) is 0 Å². The highest BCUT2D eigenvalue weighted by Gasteiger charge is 2.42. The third-order valence-corrected chi connectivity index (χ3v) is 6.04. The molecule has 5 heteroatoms. The molecule has 0 aromatic heterocycles. The van der Waals surface area contributed by atoms with Gasteiger partial charge < -0.3 is 14.6 Å². The molecule has 28 heavy (non-hydrogen) atoms. The molecule has 2 aliphatic rings. The first kappa shape index (κ1) is 19.1. The van der Waals surface area contributed by atoms with Crippen LogP contribution < -0.4 is 4.90 Å². The number of rotatable bonds is 7. The molecule has 1 saturated heterocycles. The predicted molar refractivity (Wildman–Crippen MR) is 107 cm³/mol. The lowest BCUT2D eigenvalue weighted by Gasteiger charge is -2.39. The molecule has 0 unspecified atom stereocenters. The Hall–Kier alpha value is -2.27. The largest absolute Gasteiger partial charge is 0.337 e. The summed E-state index contributed by atoms with van der Waals surface area (Å²) in [7, 11) is 0. The molecule has 0 bridgehead atoms. The van der Waals surface area contributed by atoms with Crippen LogP contribution in [0.1, 0.15) is 43.6 Å². The second-order valence-corrected chi connectivity index (χ2v) is 7.83. The molecule has 2 aromatic carbocycles. The van der Waals surface area contributed by atoms with Gasteiger partial charge in [-0.05, 0) is 73.8 Å². The topological polar surface area (TPSA) is 23.6 Å². The molecule has 4 rings (SSSR count). The number of nitrogens with zero attached hydrogens (tertiary/aromatic N) is 2. The highest BCUT2D eigenvalue weighted by Crippen LogP contribution is 2.48. The fraction of sp³-hybridized carbons (Fsp3) is 0.435. The van der Waals surface area contributed by atoms with Gasteiger partial charge in [0.1, 0.15) is 17.9 Å². The summed E-state index contributed by atoms with van der Waals surface area (Å²) >= 11 is 0. The van der Waals surface area contributed by atoms with Crippen LogP contribution in [0.25, 0.3) is 0 Å². The van der Waals surface area contributed by atoms with Crippen molar-refractivity contribution >= 4 is 17.7 Å². The van der Waals surface area contributed by atoms with Crippen LogP contribution in [0, 0.1) is 11.6 Å². The van der Waals surface area contributed by atoms with Crippen LogP contribution >= 0.6 is 0 Å². The number of carbonyl (C=O) groups excluding carboxylic acids is 1. The van der Waals surface area contributed by atoms with Crippen LogP contribution in [-0.4, -0.2) is 36.9 Å². The third kappa shape index (κ3) is 3.81. The number of aldehydes is 1. The van der Waals surface area contributed by atoms with E-state index in [1.807, 2.05) is 18.2 Å². The SMILES string of the molecule is O=CCCCCCN1CC[C@@H]2[C@@H](C1)c1cc(F)ccc1N2c1ccc(F)cc1. The quantitative estimate of drug-likeness (QED) is 0.494. The Kier molecular flexibility index (Phi) is 5.72. The summed E-state index contributed by atoms with van der Waals surface area (Å²) < 4.78 is 27.4. The van der Waals surface area contributed by atoms with Crippen LogP contribution in [0.3, 0.4) is 0 Å². The summed E-state index contributed by atoms with van der Waals surface area (Å²) in [6.07, 6.45) is 5.73. The molecule has 2 heterocycles. The zero-order chi connectivity index (χ0) is 19.5. The first-order valence-corrected chi connectivity index (χ1v) is 10.2. The van der Waals surface area contributed by atoms with Gasteiger partial charge in [0.05, 0.1) is 0 Å². The average Bonchev–Trinajstić information content (AvgIpc) is 3.01. The van der Waals surface area contributed by atoms with Crippen molar-refractivity contribution < 1.29 is 13.6 Å². The second kappa shape index (κ2) is 8.39. The molecular weight excluding hydrogens is 358 g/mol. The van der Waals surface area contributed by atoms with Crippen molar-refractivity contribution in [2.45, 2.75) is 44.1 Å². The van der Waals surface area contributed by atoms with Gasteiger partial charge in [0.25, 0.3) is 0 Å². The van der Waals surface area contributed by atoms with E-state index < -0.39 is 0 Å². The van der Waals surface area contributed by atoms with Crippen LogP contribution in [0.4, 0.5) is 20.2 Å². The van der Waals surface area contributed by atoms with Gasteiger partial charge in [-0.25, -0.2) is 8.78 Å². The summed E-state index contributed by atoms with van der Waals surface area (Å²) in [4.78, 5) is 15.2. The first-order chi connectivity index (χ1) is 13.7. The summed E-state index contributed by atoms with van der Waals surface area (Å²) in [6, 6.07) is 11.9. The highest BCUT2D eigenvalue weighted by atomic mass is 19.1. The molecular formula is C23H26F2N2O. The van der Waals surface area contributed by atoms with Crippen molar-refractivity contribution in [3.05, 3.63) is 59.7 Å². The number of benzene rings is 2. The number of anilines is 2. The van der Waals surface area contributed by atoms with Gasteiger partial charge in [0.15, 0.2) is 0 Å². The number of hydrogen-bond donors (Lipinski definition) is 0. The van der Waals surface area contributed by atoms with E-state index in [1.165, 1.54) is 18.2 Å². The molecule has 0 spiro atoms. The predicted octanol–water partition coefficient (Wildman–Crippen LogP) is 5.03. The smallest absolute Gasteiger partial charge is 0.123 e. The van der Waals surface area contributed by atoms with Crippen LogP contribution in [0.5, 0.6) is 0 Å². The Balaban J connectivity index is 1.53. The van der Waals surface area contributed by atoms with Crippen molar-refractivity contribution in [1.82, 2.24) is 4.90 Å². The lowest BCUT2D eigenvalue weighted by molar-refractivity contribution is -0.107. The third-order valence-electron chi connectivity index (χ3n) is 6.04. The molecule has 0 N–H and O–H groups in total. The minimum Gasteiger partial charge on any atom is -0.337 e. The molecule has 0 radical (unpaired) electrons. The van der Waals surface area contributed by atoms with Gasteiger partial charge in [-0.1, -0.05) is 6.42 Å². The van der Waals surface area contributed by atoms with Gasteiger partial charge in [-0.2, -0.15) is 0 Å². The Labute approximate surface area is 165 Å². The molecule has 2 aliphatic heterocycles. The van der Waals surface area contributed by atoms with Crippen molar-refractivity contribution in [1.29, 1.82) is 0 Å². The molecule has 0 amide bonds. The zero-order valence-electron chi connectivity index (χ0n) is 16.0. The van der Waals surface area contributed by atoms with E-state index in [9.17, 15) is 13.6 Å². The first-order valence-electron chi connectivity index (χ1n) is 10.2. The number of piperidine rings is 1. The Morgan fingerprint density at radius 1 is 1.00 bits per heavy atom. The normalized spacial score (nSPS) is 21.4. The van der Waals surface area contributed by atoms with E-state index in [4.69, 9.17) is 0 Å². The monoisotopic (exact) mass is 384 g/mol. The van der Waals surface area contributed by atoms with Gasteiger partial charge in [-0.3, -0.25) is 0 Å². The molecule has 1 fully saturated rings. The zero-order valence-corrected chi connectivity index (χ0v) is 16.0. The van der Waals surface area contributed by atoms with Gasteiger partial charge >= 0.3 is 0 Å². The minimum absolute atomic E-state index is 0.204. The van der Waals surface area contributed by atoms with Crippen LogP contribution in [-0.2, 0) is 4.79 Å². The molecule has 3 nitrogen and oxygen atoms in total. The number of carbonyl (C=O) groups is 1. The fourth-order valence-corrected chi connectivity index (χ4v) is 4.72. The van der Waals surface area contributed by atoms with Crippen LogP contribution in [0.2, 0.25) is 0 Å². The molecule has 0 saturated carbocycles. The Morgan fingerprint density at radius 2 is 1.79 bits per heavy atom. The lowest BCUT2D eigenvalue weighted by atomic mass is 9.88. The maximum atomic E-state index is 14.0. The van der Waals surface area contributed by atoms with E-state index >= 15 is 0 Å². The van der Waals surface area contributed by atoms with Gasteiger partial charge in [-0.15, -0.1) is 0 Å². The lowest BCUT2D eigenvalue weighted by Crippen LogP contribution is -2.45. The maximum Gasteiger partial charge on any atom is 0.123 e. The number of unbranched alkanes of at least 4 members (excludes halogenated alkanes) is 3. The van der Waals surface area contributed by atoms with E-state index in [0.29, 0.717) is 6.42 Å².